The minimum Gasteiger partial charge on any atom is -0.409 e. The molecule has 0 bridgehead atoms. The number of ether oxygens (including phenoxy) is 1. The molecule has 1 rings (SSSR count). The van der Waals surface area contributed by atoms with Gasteiger partial charge >= 0.3 is 0 Å². The summed E-state index contributed by atoms with van der Waals surface area (Å²) in [5.41, 5.74) is 3.98. The molecule has 1 fully saturated rings. The number of amides is 1. The fourth-order valence-corrected chi connectivity index (χ4v) is 2.10. The van der Waals surface area contributed by atoms with Crippen molar-refractivity contribution in [2.75, 3.05) is 26.9 Å². The summed E-state index contributed by atoms with van der Waals surface area (Å²) in [4.78, 5) is 14.2. The molecule has 0 atom stereocenters. The highest BCUT2D eigenvalue weighted by atomic mass is 16.5. The molecule has 0 aromatic heterocycles. The average Bonchev–Trinajstić information content (AvgIpc) is 2.45. The first kappa shape index (κ1) is 15.7. The van der Waals surface area contributed by atoms with E-state index >= 15 is 0 Å². The first-order valence-electron chi connectivity index (χ1n) is 6.27. The van der Waals surface area contributed by atoms with Gasteiger partial charge in [-0.15, -0.1) is 0 Å². The predicted octanol–water partition coefficient (Wildman–Crippen LogP) is -0.241. The van der Waals surface area contributed by atoms with Crippen molar-refractivity contribution < 1.29 is 19.8 Å². The van der Waals surface area contributed by atoms with Gasteiger partial charge in [0.05, 0.1) is 12.1 Å². The predicted molar refractivity (Wildman–Crippen MR) is 69.8 cm³/mol. The molecule has 7 nitrogen and oxygen atoms in total. The Balaban J connectivity index is 3.09. The number of amidine groups is 1. The molecular weight excluding hydrogens is 250 g/mol. The van der Waals surface area contributed by atoms with Crippen LogP contribution in [-0.4, -0.2) is 59.4 Å². The lowest BCUT2D eigenvalue weighted by molar-refractivity contribution is -0.147. The number of aliphatic hydroxyl groups excluding tert-OH is 1. The zero-order chi connectivity index (χ0) is 14.7. The van der Waals surface area contributed by atoms with Gasteiger partial charge in [-0.2, -0.15) is 0 Å². The van der Waals surface area contributed by atoms with Crippen LogP contribution in [0.3, 0.4) is 0 Å². The maximum absolute atomic E-state index is 12.7. The summed E-state index contributed by atoms with van der Waals surface area (Å²) in [7, 11) is 1.61. The molecule has 1 aliphatic rings. The number of hydrogen-bond acceptors (Lipinski definition) is 5. The zero-order valence-electron chi connectivity index (χ0n) is 11.7. The Morgan fingerprint density at radius 2 is 2.00 bits per heavy atom. The second-order valence-corrected chi connectivity index (χ2v) is 5.51. The number of aliphatic hydroxyl groups is 1. The lowest BCUT2D eigenvalue weighted by atomic mass is 9.77. The van der Waals surface area contributed by atoms with Crippen LogP contribution in [0.5, 0.6) is 0 Å². The number of nitrogens with zero attached hydrogens (tertiary/aromatic N) is 2. The van der Waals surface area contributed by atoms with E-state index in [1.165, 1.54) is 4.90 Å². The van der Waals surface area contributed by atoms with Gasteiger partial charge in [-0.1, -0.05) is 5.16 Å². The lowest BCUT2D eigenvalue weighted by Crippen LogP contribution is -2.58. The molecule has 0 spiro atoms. The van der Waals surface area contributed by atoms with Crippen molar-refractivity contribution in [3.63, 3.8) is 0 Å². The minimum absolute atomic E-state index is 0.0959. The molecule has 110 valence electrons. The third kappa shape index (κ3) is 2.82. The van der Waals surface area contributed by atoms with Crippen LogP contribution in [0.25, 0.3) is 0 Å². The minimum atomic E-state index is -1.05. The zero-order valence-corrected chi connectivity index (χ0v) is 11.7. The molecular formula is C12H23N3O4. The average molecular weight is 273 g/mol. The highest BCUT2D eigenvalue weighted by Crippen LogP contribution is 2.34. The molecule has 0 saturated carbocycles. The largest absolute Gasteiger partial charge is 0.409 e. The molecule has 0 aliphatic carbocycles. The van der Waals surface area contributed by atoms with Crippen LogP contribution < -0.4 is 5.73 Å². The third-order valence-electron chi connectivity index (χ3n) is 3.95. The van der Waals surface area contributed by atoms with Crippen LogP contribution >= 0.6 is 0 Å². The van der Waals surface area contributed by atoms with E-state index in [0.29, 0.717) is 26.1 Å². The van der Waals surface area contributed by atoms with Gasteiger partial charge in [0.15, 0.2) is 5.84 Å². The Kier molecular flexibility index (Phi) is 4.75. The maximum atomic E-state index is 12.7. The van der Waals surface area contributed by atoms with E-state index in [1.54, 1.807) is 20.9 Å². The molecule has 7 heteroatoms. The van der Waals surface area contributed by atoms with Gasteiger partial charge in [0.2, 0.25) is 5.91 Å². The first-order chi connectivity index (χ1) is 8.81. The summed E-state index contributed by atoms with van der Waals surface area (Å²) in [6.07, 6.45) is 0.737. The number of likely N-dealkylation sites (N-methyl/N-ethyl adjacent to an activating group) is 1. The van der Waals surface area contributed by atoms with E-state index < -0.39 is 11.0 Å². The lowest BCUT2D eigenvalue weighted by Gasteiger charge is -2.42. The maximum Gasteiger partial charge on any atom is 0.236 e. The fourth-order valence-electron chi connectivity index (χ4n) is 2.10. The molecule has 4 N–H and O–H groups in total. The van der Waals surface area contributed by atoms with Gasteiger partial charge in [0, 0.05) is 20.3 Å². The number of nitrogens with two attached hydrogens (primary N) is 1. The molecule has 1 aliphatic heterocycles. The molecule has 1 heterocycles. The summed E-state index contributed by atoms with van der Waals surface area (Å²) in [5.74, 6) is -0.355. The molecule has 0 aromatic carbocycles. The van der Waals surface area contributed by atoms with Crippen LogP contribution in [0.2, 0.25) is 0 Å². The number of rotatable bonds is 4. The molecule has 1 saturated heterocycles. The van der Waals surface area contributed by atoms with Crippen molar-refractivity contribution in [1.82, 2.24) is 4.90 Å². The molecule has 19 heavy (non-hydrogen) atoms. The van der Waals surface area contributed by atoms with Gasteiger partial charge in [-0.3, -0.25) is 4.79 Å². The molecule has 0 unspecified atom stereocenters. The van der Waals surface area contributed by atoms with Gasteiger partial charge in [0.25, 0.3) is 0 Å². The Bertz CT molecular complexity index is 362. The topological polar surface area (TPSA) is 108 Å². The number of hydrogen-bond donors (Lipinski definition) is 3. The molecule has 0 radical (unpaired) electrons. The van der Waals surface area contributed by atoms with Crippen LogP contribution in [-0.2, 0) is 9.53 Å². The Morgan fingerprint density at radius 1 is 1.47 bits per heavy atom. The summed E-state index contributed by atoms with van der Waals surface area (Å²) >= 11 is 0. The number of oxime groups is 1. The first-order valence-corrected chi connectivity index (χ1v) is 6.27. The Labute approximate surface area is 113 Å². The molecule has 1 amide bonds. The van der Waals surface area contributed by atoms with E-state index in [4.69, 9.17) is 15.7 Å². The van der Waals surface area contributed by atoms with E-state index in [1.807, 2.05) is 0 Å². The van der Waals surface area contributed by atoms with Crippen LogP contribution in [0.1, 0.15) is 26.7 Å². The van der Waals surface area contributed by atoms with Gasteiger partial charge in [-0.05, 0) is 26.7 Å². The van der Waals surface area contributed by atoms with Crippen molar-refractivity contribution >= 4 is 11.7 Å². The SMILES string of the molecule is CN(C(=O)C1(C(N)=NO)CCOCC1)C(C)(C)CO. The highest BCUT2D eigenvalue weighted by Gasteiger charge is 2.48. The standard InChI is InChI=1S/C12H23N3O4/c1-11(2,8-16)15(3)10(17)12(9(13)14-18)4-6-19-7-5-12/h16,18H,4-8H2,1-3H3,(H2,13,14). The van der Waals surface area contributed by atoms with Gasteiger partial charge < -0.3 is 25.7 Å². The smallest absolute Gasteiger partial charge is 0.236 e. The Morgan fingerprint density at radius 3 is 2.42 bits per heavy atom. The van der Waals surface area contributed by atoms with Crippen molar-refractivity contribution in [1.29, 1.82) is 0 Å². The molecule has 0 aromatic rings. The van der Waals surface area contributed by atoms with E-state index in [9.17, 15) is 9.90 Å². The monoisotopic (exact) mass is 273 g/mol. The summed E-state index contributed by atoms with van der Waals surface area (Å²) in [6.45, 7) is 4.11. The van der Waals surface area contributed by atoms with E-state index in [0.717, 1.165) is 0 Å². The second kappa shape index (κ2) is 5.75. The van der Waals surface area contributed by atoms with Gasteiger partial charge in [-0.25, -0.2) is 0 Å². The third-order valence-corrected chi connectivity index (χ3v) is 3.95. The number of carbonyl (C=O) groups excluding carboxylic acids is 1. The van der Waals surface area contributed by atoms with Crippen LogP contribution in [0.15, 0.2) is 5.16 Å². The van der Waals surface area contributed by atoms with E-state index in [2.05, 4.69) is 5.16 Å². The van der Waals surface area contributed by atoms with Gasteiger partial charge in [0.1, 0.15) is 5.41 Å². The van der Waals surface area contributed by atoms with Crippen molar-refractivity contribution in [2.24, 2.45) is 16.3 Å². The van der Waals surface area contributed by atoms with E-state index in [-0.39, 0.29) is 18.3 Å². The van der Waals surface area contributed by atoms with Crippen molar-refractivity contribution in [3.05, 3.63) is 0 Å². The quantitative estimate of drug-likeness (QED) is 0.283. The highest BCUT2D eigenvalue weighted by molar-refractivity contribution is 6.07. The Hall–Kier alpha value is -1.34. The summed E-state index contributed by atoms with van der Waals surface area (Å²) in [6, 6.07) is 0. The summed E-state index contributed by atoms with van der Waals surface area (Å²) in [5, 5.41) is 21.3. The van der Waals surface area contributed by atoms with Crippen molar-refractivity contribution in [2.45, 2.75) is 32.2 Å². The second-order valence-electron chi connectivity index (χ2n) is 5.51. The van der Waals surface area contributed by atoms with Crippen molar-refractivity contribution in [3.8, 4) is 0 Å². The van der Waals surface area contributed by atoms with Crippen LogP contribution in [0.4, 0.5) is 0 Å². The normalized spacial score (nSPS) is 20.1. The number of carbonyl (C=O) groups is 1. The summed E-state index contributed by atoms with van der Waals surface area (Å²) < 4.78 is 5.25. The fraction of sp³-hybridized carbons (Fsp3) is 0.833. The van der Waals surface area contributed by atoms with Crippen LogP contribution in [0, 0.1) is 5.41 Å².